The van der Waals surface area contributed by atoms with Crippen LogP contribution in [0.4, 0.5) is 11.8 Å². The van der Waals surface area contributed by atoms with Crippen LogP contribution < -0.4 is 11.5 Å². The third-order valence-corrected chi connectivity index (χ3v) is 2.15. The third-order valence-electron chi connectivity index (χ3n) is 2.15. The Balaban J connectivity index is 2.88. The molecule has 0 radical (unpaired) electrons. The monoisotopic (exact) mass is 207 g/mol. The second-order valence-electron chi connectivity index (χ2n) is 3.10. The summed E-state index contributed by atoms with van der Waals surface area (Å²) >= 11 is 0. The summed E-state index contributed by atoms with van der Waals surface area (Å²) in [4.78, 5) is 18.5. The van der Waals surface area contributed by atoms with E-state index in [9.17, 15) is 4.79 Å². The molecule has 78 valence electrons. The van der Waals surface area contributed by atoms with E-state index in [2.05, 4.69) is 9.97 Å². The van der Waals surface area contributed by atoms with Gasteiger partial charge < -0.3 is 21.1 Å². The van der Waals surface area contributed by atoms with Crippen molar-refractivity contribution in [3.05, 3.63) is 11.8 Å². The maximum Gasteiger partial charge on any atom is 0.352 e. The average Bonchev–Trinajstić information content (AvgIpc) is 2.44. The SMILES string of the molecule is Cn1c(C(=O)O)cc2c(N)nc(N)nc21. The summed E-state index contributed by atoms with van der Waals surface area (Å²) in [7, 11) is 1.58. The molecule has 2 aromatic heterocycles. The van der Waals surface area contributed by atoms with Crippen LogP contribution in [0.5, 0.6) is 0 Å². The maximum atomic E-state index is 10.8. The molecule has 0 aliphatic heterocycles. The molecular formula is C8H9N5O2. The zero-order valence-electron chi connectivity index (χ0n) is 7.93. The lowest BCUT2D eigenvalue weighted by Gasteiger charge is -2.00. The number of nitrogen functional groups attached to an aromatic ring is 2. The zero-order valence-corrected chi connectivity index (χ0v) is 7.93. The van der Waals surface area contributed by atoms with Crippen molar-refractivity contribution >= 4 is 28.8 Å². The van der Waals surface area contributed by atoms with Crippen LogP contribution in [-0.4, -0.2) is 25.6 Å². The summed E-state index contributed by atoms with van der Waals surface area (Å²) in [5.41, 5.74) is 11.5. The lowest BCUT2D eigenvalue weighted by atomic mass is 10.3. The highest BCUT2D eigenvalue weighted by molar-refractivity contribution is 5.97. The van der Waals surface area contributed by atoms with Gasteiger partial charge in [0.15, 0.2) is 0 Å². The van der Waals surface area contributed by atoms with E-state index in [1.807, 2.05) is 0 Å². The quantitative estimate of drug-likeness (QED) is 0.597. The molecule has 0 unspecified atom stereocenters. The minimum atomic E-state index is -1.05. The summed E-state index contributed by atoms with van der Waals surface area (Å²) in [6, 6.07) is 1.42. The number of nitrogens with two attached hydrogens (primary N) is 2. The van der Waals surface area contributed by atoms with E-state index >= 15 is 0 Å². The predicted molar refractivity (Wildman–Crippen MR) is 54.3 cm³/mol. The molecule has 0 saturated heterocycles. The molecular weight excluding hydrogens is 198 g/mol. The van der Waals surface area contributed by atoms with Crippen molar-refractivity contribution in [2.45, 2.75) is 0 Å². The number of hydrogen-bond donors (Lipinski definition) is 3. The number of hydrogen-bond acceptors (Lipinski definition) is 5. The molecule has 2 rings (SSSR count). The second kappa shape index (κ2) is 2.84. The summed E-state index contributed by atoms with van der Waals surface area (Å²) in [5.74, 6) is -0.841. The van der Waals surface area contributed by atoms with Crippen molar-refractivity contribution in [2.24, 2.45) is 7.05 Å². The standard InChI is InChI=1S/C8H9N5O2/c1-13-4(7(14)15)2-3-5(9)11-8(10)12-6(3)13/h2H,1H3,(H,14,15)(H4,9,10,11,12). The number of aromatic nitrogens is 3. The number of aryl methyl sites for hydroxylation is 1. The van der Waals surface area contributed by atoms with Gasteiger partial charge in [0.2, 0.25) is 5.95 Å². The molecule has 2 aromatic rings. The van der Waals surface area contributed by atoms with Crippen LogP contribution in [-0.2, 0) is 7.05 Å². The van der Waals surface area contributed by atoms with Crippen LogP contribution in [0.15, 0.2) is 6.07 Å². The van der Waals surface area contributed by atoms with Crippen LogP contribution in [0.3, 0.4) is 0 Å². The molecule has 15 heavy (non-hydrogen) atoms. The Morgan fingerprint density at radius 2 is 2.13 bits per heavy atom. The summed E-state index contributed by atoms with van der Waals surface area (Å²) < 4.78 is 1.41. The van der Waals surface area contributed by atoms with Crippen molar-refractivity contribution < 1.29 is 9.90 Å². The first kappa shape index (κ1) is 9.25. The van der Waals surface area contributed by atoms with Gasteiger partial charge >= 0.3 is 5.97 Å². The summed E-state index contributed by atoms with van der Waals surface area (Å²) in [6.45, 7) is 0. The molecule has 7 nitrogen and oxygen atoms in total. The minimum Gasteiger partial charge on any atom is -0.477 e. The molecule has 0 saturated carbocycles. The number of carbonyl (C=O) groups is 1. The normalized spacial score (nSPS) is 10.7. The van der Waals surface area contributed by atoms with Crippen LogP contribution in [0.1, 0.15) is 10.5 Å². The zero-order chi connectivity index (χ0) is 11.2. The smallest absolute Gasteiger partial charge is 0.352 e. The highest BCUT2D eigenvalue weighted by atomic mass is 16.4. The first-order valence-corrected chi connectivity index (χ1v) is 4.12. The molecule has 7 heteroatoms. The van der Waals surface area contributed by atoms with E-state index in [4.69, 9.17) is 16.6 Å². The number of carboxylic acid groups (broad SMARTS) is 1. The van der Waals surface area contributed by atoms with E-state index in [0.29, 0.717) is 11.0 Å². The van der Waals surface area contributed by atoms with Crippen molar-refractivity contribution in [1.29, 1.82) is 0 Å². The summed E-state index contributed by atoms with van der Waals surface area (Å²) in [6.07, 6.45) is 0. The fraction of sp³-hybridized carbons (Fsp3) is 0.125. The molecule has 0 aromatic carbocycles. The fourth-order valence-corrected chi connectivity index (χ4v) is 1.44. The lowest BCUT2D eigenvalue weighted by Crippen LogP contribution is -2.05. The van der Waals surface area contributed by atoms with Crippen LogP contribution in [0, 0.1) is 0 Å². The van der Waals surface area contributed by atoms with Crippen LogP contribution in [0.2, 0.25) is 0 Å². The van der Waals surface area contributed by atoms with Gasteiger partial charge in [-0.3, -0.25) is 0 Å². The molecule has 0 aliphatic carbocycles. The van der Waals surface area contributed by atoms with Gasteiger partial charge in [-0.2, -0.15) is 9.97 Å². The molecule has 0 aliphatic rings. The van der Waals surface area contributed by atoms with Gasteiger partial charge in [-0.25, -0.2) is 4.79 Å². The molecule has 0 bridgehead atoms. The molecule has 0 fully saturated rings. The number of anilines is 2. The van der Waals surface area contributed by atoms with E-state index in [1.54, 1.807) is 7.05 Å². The predicted octanol–water partition coefficient (Wildman–Crippen LogP) is -0.169. The highest BCUT2D eigenvalue weighted by Crippen LogP contribution is 2.22. The summed E-state index contributed by atoms with van der Waals surface area (Å²) in [5, 5.41) is 9.38. The maximum absolute atomic E-state index is 10.8. The van der Waals surface area contributed by atoms with Gasteiger partial charge in [0.25, 0.3) is 0 Å². The third kappa shape index (κ3) is 1.25. The van der Waals surface area contributed by atoms with Crippen molar-refractivity contribution in [1.82, 2.24) is 14.5 Å². The average molecular weight is 207 g/mol. The van der Waals surface area contributed by atoms with Crippen molar-refractivity contribution in [2.75, 3.05) is 11.5 Å². The molecule has 0 atom stereocenters. The number of fused-ring (bicyclic) bond motifs is 1. The highest BCUT2D eigenvalue weighted by Gasteiger charge is 2.15. The Labute approximate surface area is 84.3 Å². The number of rotatable bonds is 1. The van der Waals surface area contributed by atoms with Gasteiger partial charge in [0.1, 0.15) is 17.2 Å². The first-order valence-electron chi connectivity index (χ1n) is 4.12. The lowest BCUT2D eigenvalue weighted by molar-refractivity contribution is 0.0687. The Morgan fingerprint density at radius 1 is 1.47 bits per heavy atom. The number of nitrogens with zero attached hydrogens (tertiary/aromatic N) is 3. The Hall–Kier alpha value is -2.31. The van der Waals surface area contributed by atoms with E-state index < -0.39 is 5.97 Å². The van der Waals surface area contributed by atoms with Crippen molar-refractivity contribution in [3.8, 4) is 0 Å². The second-order valence-corrected chi connectivity index (χ2v) is 3.10. The minimum absolute atomic E-state index is 0.0261. The molecule has 2 heterocycles. The topological polar surface area (TPSA) is 120 Å². The Bertz CT molecular complexity index is 560. The van der Waals surface area contributed by atoms with E-state index in [0.717, 1.165) is 0 Å². The van der Waals surface area contributed by atoms with Crippen LogP contribution >= 0.6 is 0 Å². The largest absolute Gasteiger partial charge is 0.477 e. The van der Waals surface area contributed by atoms with Gasteiger partial charge in [0, 0.05) is 7.05 Å². The Kier molecular flexibility index (Phi) is 1.75. The fourth-order valence-electron chi connectivity index (χ4n) is 1.44. The molecule has 5 N–H and O–H groups in total. The molecule has 0 spiro atoms. The van der Waals surface area contributed by atoms with Gasteiger partial charge in [-0.1, -0.05) is 0 Å². The van der Waals surface area contributed by atoms with Gasteiger partial charge in [0.05, 0.1) is 5.39 Å². The van der Waals surface area contributed by atoms with Crippen LogP contribution in [0.25, 0.3) is 11.0 Å². The first-order chi connectivity index (χ1) is 7.00. The van der Waals surface area contributed by atoms with E-state index in [1.165, 1.54) is 10.6 Å². The van der Waals surface area contributed by atoms with E-state index in [-0.39, 0.29) is 17.5 Å². The number of aromatic carboxylic acids is 1. The molecule has 0 amide bonds. The van der Waals surface area contributed by atoms with Gasteiger partial charge in [-0.05, 0) is 6.07 Å². The van der Waals surface area contributed by atoms with Crippen molar-refractivity contribution in [3.63, 3.8) is 0 Å². The van der Waals surface area contributed by atoms with Gasteiger partial charge in [-0.15, -0.1) is 0 Å². The number of carboxylic acids is 1. The Morgan fingerprint density at radius 3 is 2.73 bits per heavy atom.